The maximum absolute atomic E-state index is 11.8. The van der Waals surface area contributed by atoms with Crippen molar-refractivity contribution in [3.05, 3.63) is 29.7 Å². The number of aromatic nitrogens is 2. The molecule has 0 N–H and O–H groups in total. The third-order valence-corrected chi connectivity index (χ3v) is 5.85. The minimum atomic E-state index is -0.996. The van der Waals surface area contributed by atoms with Crippen LogP contribution in [0.15, 0.2) is 18.3 Å². The fourth-order valence-electron chi connectivity index (χ4n) is 3.30. The van der Waals surface area contributed by atoms with E-state index in [2.05, 4.69) is 4.98 Å². The molecule has 1 aliphatic heterocycles. The summed E-state index contributed by atoms with van der Waals surface area (Å²) in [7, 11) is 0. The van der Waals surface area contributed by atoms with Gasteiger partial charge < -0.3 is 23.3 Å². The normalized spacial score (nSPS) is 23.6. The standard InChI is InChI=1S/C20H24N2O7S/c1-10-11(2)22-8-6-7-15(19(22)21-10)29-20-18(28-14(5)25)17(27-13(4)24)16(9-30-20)26-12(3)23/h6-8,16-18,20H,9H2,1-5H3/t16-,17+,18-,20+/m1/s1. The summed E-state index contributed by atoms with van der Waals surface area (Å²) in [6.45, 7) is 7.62. The minimum Gasteiger partial charge on any atom is -0.472 e. The number of carbonyl (C=O) groups is 3. The summed E-state index contributed by atoms with van der Waals surface area (Å²) in [6, 6.07) is 3.60. The van der Waals surface area contributed by atoms with E-state index in [0.717, 1.165) is 11.4 Å². The van der Waals surface area contributed by atoms with Crippen LogP contribution >= 0.6 is 11.8 Å². The number of imidazole rings is 1. The average molecular weight is 436 g/mol. The summed E-state index contributed by atoms with van der Waals surface area (Å²) >= 11 is 1.30. The van der Waals surface area contributed by atoms with E-state index in [1.807, 2.05) is 30.5 Å². The molecule has 9 nitrogen and oxygen atoms in total. The number of hydrogen-bond acceptors (Lipinski definition) is 9. The molecule has 0 spiro atoms. The predicted octanol–water partition coefficient (Wildman–Crippen LogP) is 2.20. The fourth-order valence-corrected chi connectivity index (χ4v) is 4.51. The SMILES string of the molecule is CC(=O)O[C@@H]1[C@@H](OC(C)=O)[C@@H](Oc2cccn3c(C)c(C)nc23)SC[C@H]1OC(C)=O. The summed E-state index contributed by atoms with van der Waals surface area (Å²) < 4.78 is 24.2. The number of rotatable bonds is 5. The quantitative estimate of drug-likeness (QED) is 0.515. The van der Waals surface area contributed by atoms with Crippen molar-refractivity contribution in [2.45, 2.75) is 58.4 Å². The average Bonchev–Trinajstić information content (AvgIpc) is 2.94. The second-order valence-corrected chi connectivity index (χ2v) is 8.10. The summed E-state index contributed by atoms with van der Waals surface area (Å²) in [5.41, 5.74) is 1.77. The highest BCUT2D eigenvalue weighted by Gasteiger charge is 2.47. The van der Waals surface area contributed by atoms with Gasteiger partial charge in [-0.05, 0) is 26.0 Å². The molecule has 0 saturated carbocycles. The Hall–Kier alpha value is -2.75. The lowest BCUT2D eigenvalue weighted by molar-refractivity contribution is -0.186. The maximum Gasteiger partial charge on any atom is 0.303 e. The Kier molecular flexibility index (Phi) is 6.55. The van der Waals surface area contributed by atoms with E-state index in [-0.39, 0.29) is 0 Å². The minimum absolute atomic E-state index is 0.301. The van der Waals surface area contributed by atoms with Crippen molar-refractivity contribution in [1.29, 1.82) is 0 Å². The van der Waals surface area contributed by atoms with Gasteiger partial charge in [-0.2, -0.15) is 0 Å². The van der Waals surface area contributed by atoms with Crippen LogP contribution in [0.3, 0.4) is 0 Å². The zero-order chi connectivity index (χ0) is 22.0. The van der Waals surface area contributed by atoms with Gasteiger partial charge in [-0.25, -0.2) is 4.98 Å². The lowest BCUT2D eigenvalue weighted by atomic mass is 10.1. The molecule has 2 aromatic heterocycles. The number of esters is 3. The first-order chi connectivity index (χ1) is 14.2. The Bertz CT molecular complexity index is 973. The number of thioether (sulfide) groups is 1. The second-order valence-electron chi connectivity index (χ2n) is 6.96. The highest BCUT2D eigenvalue weighted by Crippen LogP contribution is 2.35. The largest absolute Gasteiger partial charge is 0.472 e. The van der Waals surface area contributed by atoms with Gasteiger partial charge in [0.25, 0.3) is 0 Å². The van der Waals surface area contributed by atoms with Crippen LogP contribution in [0, 0.1) is 13.8 Å². The zero-order valence-electron chi connectivity index (χ0n) is 17.4. The number of fused-ring (bicyclic) bond motifs is 1. The topological polar surface area (TPSA) is 105 Å². The molecule has 10 heteroatoms. The van der Waals surface area contributed by atoms with Crippen LogP contribution in [0.25, 0.3) is 5.65 Å². The molecule has 0 radical (unpaired) electrons. The van der Waals surface area contributed by atoms with E-state index in [0.29, 0.717) is 17.1 Å². The van der Waals surface area contributed by atoms with E-state index < -0.39 is 41.7 Å². The molecule has 3 rings (SSSR count). The first-order valence-corrected chi connectivity index (χ1v) is 10.5. The van der Waals surface area contributed by atoms with Gasteiger partial charge >= 0.3 is 17.9 Å². The highest BCUT2D eigenvalue weighted by atomic mass is 32.2. The Morgan fingerprint density at radius 2 is 1.67 bits per heavy atom. The number of nitrogens with zero attached hydrogens (tertiary/aromatic N) is 2. The molecule has 1 saturated heterocycles. The van der Waals surface area contributed by atoms with Gasteiger partial charge in [-0.15, -0.1) is 11.8 Å². The number of pyridine rings is 1. The first kappa shape index (κ1) is 21.9. The van der Waals surface area contributed by atoms with E-state index in [1.54, 1.807) is 6.07 Å². The smallest absolute Gasteiger partial charge is 0.303 e. The van der Waals surface area contributed by atoms with Crippen LogP contribution < -0.4 is 4.74 Å². The van der Waals surface area contributed by atoms with Crippen molar-refractivity contribution in [2.24, 2.45) is 0 Å². The molecular weight excluding hydrogens is 412 g/mol. The molecular formula is C20H24N2O7S. The predicted molar refractivity (Wildman–Crippen MR) is 108 cm³/mol. The van der Waals surface area contributed by atoms with Gasteiger partial charge in [0.15, 0.2) is 35.1 Å². The molecule has 1 fully saturated rings. The van der Waals surface area contributed by atoms with Crippen molar-refractivity contribution >= 4 is 35.3 Å². The molecule has 0 amide bonds. The highest BCUT2D eigenvalue weighted by molar-refractivity contribution is 7.99. The van der Waals surface area contributed by atoms with Gasteiger partial charge in [0, 0.05) is 38.4 Å². The summed E-state index contributed by atoms with van der Waals surface area (Å²) in [5, 5.41) is 0. The van der Waals surface area contributed by atoms with E-state index in [9.17, 15) is 14.4 Å². The second kappa shape index (κ2) is 8.95. The first-order valence-electron chi connectivity index (χ1n) is 9.41. The summed E-state index contributed by atoms with van der Waals surface area (Å²) in [5.74, 6) is -0.875. The lowest BCUT2D eigenvalue weighted by Crippen LogP contribution is -2.55. The molecule has 0 unspecified atom stereocenters. The van der Waals surface area contributed by atoms with E-state index in [4.69, 9.17) is 18.9 Å². The summed E-state index contributed by atoms with van der Waals surface area (Å²) in [4.78, 5) is 39.5. The van der Waals surface area contributed by atoms with Crippen LogP contribution in [0.4, 0.5) is 0 Å². The van der Waals surface area contributed by atoms with Gasteiger partial charge in [0.1, 0.15) is 0 Å². The molecule has 162 valence electrons. The van der Waals surface area contributed by atoms with Crippen LogP contribution in [0.5, 0.6) is 5.75 Å². The third kappa shape index (κ3) is 4.69. The molecule has 0 aromatic carbocycles. The van der Waals surface area contributed by atoms with Crippen LogP contribution in [-0.2, 0) is 28.6 Å². The number of carbonyl (C=O) groups excluding carboxylic acids is 3. The molecule has 0 aliphatic carbocycles. The molecule has 30 heavy (non-hydrogen) atoms. The zero-order valence-corrected chi connectivity index (χ0v) is 18.2. The van der Waals surface area contributed by atoms with Gasteiger partial charge in [0.2, 0.25) is 0 Å². The van der Waals surface area contributed by atoms with Gasteiger partial charge in [-0.3, -0.25) is 14.4 Å². The van der Waals surface area contributed by atoms with Crippen LogP contribution in [0.2, 0.25) is 0 Å². The molecule has 2 aromatic rings. The third-order valence-electron chi connectivity index (χ3n) is 4.64. The Labute approximate surface area is 178 Å². The monoisotopic (exact) mass is 436 g/mol. The lowest BCUT2D eigenvalue weighted by Gasteiger charge is -2.39. The van der Waals surface area contributed by atoms with Crippen molar-refractivity contribution in [2.75, 3.05) is 5.75 Å². The van der Waals surface area contributed by atoms with Crippen molar-refractivity contribution in [3.8, 4) is 5.75 Å². The molecule has 3 heterocycles. The fraction of sp³-hybridized carbons (Fsp3) is 0.500. The van der Waals surface area contributed by atoms with Crippen LogP contribution in [0.1, 0.15) is 32.2 Å². The molecule has 0 bridgehead atoms. The van der Waals surface area contributed by atoms with Crippen molar-refractivity contribution in [1.82, 2.24) is 9.38 Å². The van der Waals surface area contributed by atoms with Crippen LogP contribution in [-0.4, -0.2) is 56.8 Å². The van der Waals surface area contributed by atoms with Crippen molar-refractivity contribution < 1.29 is 33.3 Å². The summed E-state index contributed by atoms with van der Waals surface area (Å²) in [6.07, 6.45) is -0.864. The number of hydrogen-bond donors (Lipinski definition) is 0. The Morgan fingerprint density at radius 1 is 1.03 bits per heavy atom. The molecule has 1 aliphatic rings. The number of ether oxygens (including phenoxy) is 4. The maximum atomic E-state index is 11.8. The van der Waals surface area contributed by atoms with E-state index >= 15 is 0 Å². The molecule has 4 atom stereocenters. The number of aryl methyl sites for hydroxylation is 2. The Morgan fingerprint density at radius 3 is 2.30 bits per heavy atom. The van der Waals surface area contributed by atoms with E-state index in [1.165, 1.54) is 32.5 Å². The Balaban J connectivity index is 1.94. The van der Waals surface area contributed by atoms with Crippen molar-refractivity contribution in [3.63, 3.8) is 0 Å². The van der Waals surface area contributed by atoms with Gasteiger partial charge in [-0.1, -0.05) is 0 Å². The van der Waals surface area contributed by atoms with Gasteiger partial charge in [0.05, 0.1) is 5.69 Å².